The number of carbonyl (C=O) groups is 2. The lowest BCUT2D eigenvalue weighted by Crippen LogP contribution is -2.55. The molecule has 3 heterocycles. The number of rotatable bonds is 6. The molecule has 3 aliphatic rings. The Labute approximate surface area is 257 Å². The van der Waals surface area contributed by atoms with Gasteiger partial charge in [0.1, 0.15) is 11.9 Å². The number of nitrogens with one attached hydrogen (secondary N) is 2. The highest BCUT2D eigenvalue weighted by atomic mass is 19.3. The van der Waals surface area contributed by atoms with Gasteiger partial charge in [0.05, 0.1) is 16.9 Å². The maximum Gasteiger partial charge on any atom is 0.410 e. The van der Waals surface area contributed by atoms with Crippen molar-refractivity contribution in [3.05, 3.63) is 63.3 Å². The van der Waals surface area contributed by atoms with E-state index in [0.717, 1.165) is 6.20 Å². The maximum absolute atomic E-state index is 15.9. The molecule has 5 rings (SSSR count). The number of halogens is 5. The van der Waals surface area contributed by atoms with Crippen molar-refractivity contribution < 1.29 is 36.3 Å². The first-order valence-electron chi connectivity index (χ1n) is 14.9. The number of ether oxygens (including phenoxy) is 1. The molecule has 2 aliphatic heterocycles. The fraction of sp³-hybridized carbons (Fsp3) is 0.516. The van der Waals surface area contributed by atoms with Crippen LogP contribution in [-0.4, -0.2) is 84.1 Å². The highest BCUT2D eigenvalue weighted by molar-refractivity contribution is 6.07. The maximum atomic E-state index is 15.9. The smallest absolute Gasteiger partial charge is 0.410 e. The lowest BCUT2D eigenvalue weighted by molar-refractivity contribution is -0.147. The van der Waals surface area contributed by atoms with Crippen molar-refractivity contribution in [1.82, 2.24) is 14.8 Å². The molecule has 1 aromatic carbocycles. The Kier molecular flexibility index (Phi) is 9.24. The fourth-order valence-electron chi connectivity index (χ4n) is 6.02. The van der Waals surface area contributed by atoms with Crippen molar-refractivity contribution in [3.63, 3.8) is 0 Å². The second kappa shape index (κ2) is 12.8. The standard InChI is InChI=1S/C31H36F5N5O4/c1-17-15-41(16-18(2)39(17)3)26-11-24(32)21(9-25(26)38-29(43)23-14-37-27(42)10-22(23)28(33)34)19-5-4-7-40(8-6-19)30(44)45-20-12-31(35,36)13-20/h5,9-11,14,17-18,20,28H,4,6-8,12-13,15-16H2,1-3H3,(H,37,42)(H,38,43). The summed E-state index contributed by atoms with van der Waals surface area (Å²) in [4.78, 5) is 45.4. The largest absolute Gasteiger partial charge is 0.446 e. The van der Waals surface area contributed by atoms with Crippen molar-refractivity contribution in [2.24, 2.45) is 0 Å². The molecule has 244 valence electrons. The number of benzene rings is 1. The SMILES string of the molecule is CC1CN(c2cc(F)c(C3=CCCN(C(=O)OC4CC(F)(F)C4)CC3)cc2NC(=O)c2c[nH]c(=O)cc2C(F)F)CC(C)N1C. The van der Waals surface area contributed by atoms with Gasteiger partial charge in [-0.3, -0.25) is 14.5 Å². The number of likely N-dealkylation sites (N-methyl/N-ethyl adjacent to an activating group) is 1. The van der Waals surface area contributed by atoms with Gasteiger partial charge in [-0.05, 0) is 51.4 Å². The van der Waals surface area contributed by atoms with E-state index in [1.807, 2.05) is 25.8 Å². The summed E-state index contributed by atoms with van der Waals surface area (Å²) in [6, 6.07) is 3.62. The van der Waals surface area contributed by atoms with Crippen LogP contribution in [0.4, 0.5) is 38.1 Å². The van der Waals surface area contributed by atoms with Crippen LogP contribution >= 0.6 is 0 Å². The zero-order valence-corrected chi connectivity index (χ0v) is 25.2. The Bertz CT molecular complexity index is 1530. The summed E-state index contributed by atoms with van der Waals surface area (Å²) in [6.45, 7) is 5.45. The molecule has 45 heavy (non-hydrogen) atoms. The van der Waals surface area contributed by atoms with Gasteiger partial charge in [-0.2, -0.15) is 0 Å². The Balaban J connectivity index is 1.42. The van der Waals surface area contributed by atoms with Crippen LogP contribution < -0.4 is 15.8 Å². The molecule has 2 unspecified atom stereocenters. The molecule has 0 spiro atoms. The molecule has 2 atom stereocenters. The molecule has 1 aliphatic carbocycles. The quantitative estimate of drug-likeness (QED) is 0.398. The number of alkyl halides is 4. The molecular formula is C31H36F5N5O4. The molecule has 1 aromatic heterocycles. The van der Waals surface area contributed by atoms with Crippen molar-refractivity contribution in [2.45, 2.75) is 70.1 Å². The Morgan fingerprint density at radius 3 is 2.42 bits per heavy atom. The van der Waals surface area contributed by atoms with E-state index < -0.39 is 65.8 Å². The zero-order chi connectivity index (χ0) is 32.6. The summed E-state index contributed by atoms with van der Waals surface area (Å²) in [5.41, 5.74) is -0.656. The van der Waals surface area contributed by atoms with E-state index in [0.29, 0.717) is 36.8 Å². The van der Waals surface area contributed by atoms with Crippen LogP contribution in [0.5, 0.6) is 0 Å². The molecule has 0 radical (unpaired) electrons. The summed E-state index contributed by atoms with van der Waals surface area (Å²) in [5, 5.41) is 2.68. The summed E-state index contributed by atoms with van der Waals surface area (Å²) in [6.07, 6.45) is -2.39. The summed E-state index contributed by atoms with van der Waals surface area (Å²) in [5.74, 6) is -4.30. The molecule has 2 amide bonds. The first kappa shape index (κ1) is 32.5. The number of aromatic amines is 1. The van der Waals surface area contributed by atoms with Crippen molar-refractivity contribution in [1.29, 1.82) is 0 Å². The Hall–Kier alpha value is -3.94. The van der Waals surface area contributed by atoms with E-state index in [2.05, 4.69) is 15.2 Å². The molecule has 0 bridgehead atoms. The lowest BCUT2D eigenvalue weighted by Gasteiger charge is -2.44. The molecule has 1 saturated carbocycles. The zero-order valence-electron chi connectivity index (χ0n) is 25.2. The van der Waals surface area contributed by atoms with Crippen LogP contribution in [0, 0.1) is 5.82 Å². The predicted molar refractivity (Wildman–Crippen MR) is 159 cm³/mol. The van der Waals surface area contributed by atoms with Gasteiger partial charge in [0, 0.05) is 74.5 Å². The van der Waals surface area contributed by atoms with Gasteiger partial charge in [0.15, 0.2) is 0 Å². The first-order chi connectivity index (χ1) is 21.2. The van der Waals surface area contributed by atoms with E-state index in [1.165, 1.54) is 17.0 Å². The van der Waals surface area contributed by atoms with Crippen LogP contribution in [0.15, 0.2) is 35.3 Å². The number of aromatic nitrogens is 1. The Morgan fingerprint density at radius 2 is 1.78 bits per heavy atom. The number of pyridine rings is 1. The minimum absolute atomic E-state index is 0.0890. The molecule has 2 N–H and O–H groups in total. The summed E-state index contributed by atoms with van der Waals surface area (Å²) >= 11 is 0. The second-order valence-electron chi connectivity index (χ2n) is 12.1. The van der Waals surface area contributed by atoms with Crippen LogP contribution in [0.3, 0.4) is 0 Å². The molecule has 14 heteroatoms. The second-order valence-corrected chi connectivity index (χ2v) is 12.1. The third-order valence-electron chi connectivity index (χ3n) is 8.84. The number of hydrogen-bond acceptors (Lipinski definition) is 6. The van der Waals surface area contributed by atoms with Gasteiger partial charge in [-0.15, -0.1) is 0 Å². The van der Waals surface area contributed by atoms with E-state index in [9.17, 15) is 31.9 Å². The van der Waals surface area contributed by atoms with Gasteiger partial charge < -0.3 is 24.8 Å². The normalized spacial score (nSPS) is 22.5. The van der Waals surface area contributed by atoms with Crippen LogP contribution in [0.1, 0.15) is 67.4 Å². The van der Waals surface area contributed by atoms with Crippen LogP contribution in [0.25, 0.3) is 5.57 Å². The minimum atomic E-state index is -3.08. The summed E-state index contributed by atoms with van der Waals surface area (Å²) < 4.78 is 74.9. The predicted octanol–water partition coefficient (Wildman–Crippen LogP) is 5.65. The highest BCUT2D eigenvalue weighted by Crippen LogP contribution is 2.40. The topological polar surface area (TPSA) is 98.0 Å². The van der Waals surface area contributed by atoms with Crippen LogP contribution in [-0.2, 0) is 4.74 Å². The first-order valence-corrected chi connectivity index (χ1v) is 14.9. The van der Waals surface area contributed by atoms with Crippen molar-refractivity contribution in [3.8, 4) is 0 Å². The summed E-state index contributed by atoms with van der Waals surface area (Å²) in [7, 11) is 1.99. The lowest BCUT2D eigenvalue weighted by atomic mass is 9.91. The van der Waals surface area contributed by atoms with Gasteiger partial charge in [-0.25, -0.2) is 26.7 Å². The minimum Gasteiger partial charge on any atom is -0.446 e. The monoisotopic (exact) mass is 637 g/mol. The van der Waals surface area contributed by atoms with Crippen molar-refractivity contribution >= 4 is 28.9 Å². The molecule has 1 saturated heterocycles. The number of piperazine rings is 1. The van der Waals surface area contributed by atoms with E-state index >= 15 is 4.39 Å². The molecule has 9 nitrogen and oxygen atoms in total. The number of amides is 2. The van der Waals surface area contributed by atoms with E-state index in [1.54, 1.807) is 6.08 Å². The molecular weight excluding hydrogens is 601 g/mol. The number of nitrogens with zero attached hydrogens (tertiary/aromatic N) is 3. The van der Waals surface area contributed by atoms with E-state index in [4.69, 9.17) is 4.74 Å². The third kappa shape index (κ3) is 7.15. The van der Waals surface area contributed by atoms with Gasteiger partial charge in [-0.1, -0.05) is 6.08 Å². The number of carbonyl (C=O) groups excluding carboxylic acids is 2. The average molecular weight is 638 g/mol. The average Bonchev–Trinajstić information content (AvgIpc) is 3.21. The fourth-order valence-corrected chi connectivity index (χ4v) is 6.02. The number of hydrogen-bond donors (Lipinski definition) is 2. The third-order valence-corrected chi connectivity index (χ3v) is 8.84. The van der Waals surface area contributed by atoms with Gasteiger partial charge >= 0.3 is 6.09 Å². The Morgan fingerprint density at radius 1 is 1.09 bits per heavy atom. The van der Waals surface area contributed by atoms with E-state index in [-0.39, 0.29) is 42.8 Å². The molecule has 2 aromatic rings. The van der Waals surface area contributed by atoms with Gasteiger partial charge in [0.2, 0.25) is 5.56 Å². The number of H-pyrrole nitrogens is 1. The van der Waals surface area contributed by atoms with Crippen LogP contribution in [0.2, 0.25) is 0 Å². The van der Waals surface area contributed by atoms with Crippen molar-refractivity contribution in [2.75, 3.05) is 43.4 Å². The number of anilines is 2. The molecule has 2 fully saturated rings. The highest BCUT2D eigenvalue weighted by Gasteiger charge is 2.48. The van der Waals surface area contributed by atoms with Gasteiger partial charge in [0.25, 0.3) is 18.3 Å².